The number of pyridine rings is 1. The Hall–Kier alpha value is -4.26. The Balaban J connectivity index is 1.44. The second-order valence-corrected chi connectivity index (χ2v) is 7.37. The van der Waals surface area contributed by atoms with E-state index in [1.54, 1.807) is 24.4 Å². The highest BCUT2D eigenvalue weighted by molar-refractivity contribution is 6.17. The van der Waals surface area contributed by atoms with Crippen molar-refractivity contribution in [2.45, 2.75) is 6.61 Å². The first kappa shape index (κ1) is 18.5. The average Bonchev–Trinajstić information content (AvgIpc) is 3.50. The van der Waals surface area contributed by atoms with Crippen molar-refractivity contribution in [1.29, 1.82) is 0 Å². The summed E-state index contributed by atoms with van der Waals surface area (Å²) in [5.41, 5.74) is 1.62. The number of ketones is 1. The molecule has 158 valence electrons. The molecule has 32 heavy (non-hydrogen) atoms. The molecule has 0 spiro atoms. The van der Waals surface area contributed by atoms with Gasteiger partial charge < -0.3 is 23.7 Å². The molecule has 0 radical (unpaired) electrons. The lowest BCUT2D eigenvalue weighted by Crippen LogP contribution is -2.09. The van der Waals surface area contributed by atoms with Crippen LogP contribution in [0, 0.1) is 0 Å². The molecule has 0 unspecified atom stereocenters. The summed E-state index contributed by atoms with van der Waals surface area (Å²) in [5, 5.41) is 1.51. The number of fused-ring (bicyclic) bond motifs is 3. The number of hydrogen-bond acceptors (Lipinski definition) is 7. The minimum atomic E-state index is -0.282. The van der Waals surface area contributed by atoms with Crippen LogP contribution < -0.4 is 23.7 Å². The summed E-state index contributed by atoms with van der Waals surface area (Å²) in [6, 6.07) is 18.6. The standard InChI is InChI=1S/C25H17NO6/c27-23(22-18-11-21-20(30-13-31-21)10-16(18)8-9-26-22)17-6-7-19-25(32-14-29-19)24(17)28-12-15-4-2-1-3-5-15/h1-11H,12-14H2. The van der Waals surface area contributed by atoms with Crippen LogP contribution in [0.25, 0.3) is 10.8 Å². The Labute approximate surface area is 183 Å². The highest BCUT2D eigenvalue weighted by atomic mass is 16.7. The first-order chi connectivity index (χ1) is 15.8. The van der Waals surface area contributed by atoms with Crippen molar-refractivity contribution in [3.63, 3.8) is 0 Å². The maximum absolute atomic E-state index is 13.7. The molecule has 3 heterocycles. The van der Waals surface area contributed by atoms with Crippen LogP contribution in [-0.2, 0) is 6.61 Å². The van der Waals surface area contributed by atoms with Crippen LogP contribution in [0.15, 0.2) is 66.9 Å². The van der Waals surface area contributed by atoms with E-state index in [2.05, 4.69) is 4.98 Å². The minimum Gasteiger partial charge on any atom is -0.484 e. The van der Waals surface area contributed by atoms with Gasteiger partial charge in [0.2, 0.25) is 25.1 Å². The zero-order chi connectivity index (χ0) is 21.5. The number of carbonyl (C=O) groups is 1. The number of benzene rings is 3. The summed E-state index contributed by atoms with van der Waals surface area (Å²) >= 11 is 0. The number of hydrogen-bond donors (Lipinski definition) is 0. The SMILES string of the molecule is O=C(c1ccc2c(c1OCc1ccccc1)OCO2)c1nccc2cc3c(cc12)OCO3. The van der Waals surface area contributed by atoms with Crippen molar-refractivity contribution in [3.05, 3.63) is 83.7 Å². The van der Waals surface area contributed by atoms with Gasteiger partial charge in [0.1, 0.15) is 12.3 Å². The van der Waals surface area contributed by atoms with E-state index in [1.807, 2.05) is 42.5 Å². The molecule has 2 aliphatic rings. The van der Waals surface area contributed by atoms with Gasteiger partial charge in [-0.2, -0.15) is 0 Å². The van der Waals surface area contributed by atoms with Gasteiger partial charge in [0.05, 0.1) is 5.56 Å². The summed E-state index contributed by atoms with van der Waals surface area (Å²) < 4.78 is 28.2. The molecule has 0 amide bonds. The fraction of sp³-hybridized carbons (Fsp3) is 0.120. The van der Waals surface area contributed by atoms with Crippen LogP contribution in [0.1, 0.15) is 21.6 Å². The van der Waals surface area contributed by atoms with Gasteiger partial charge in [-0.1, -0.05) is 30.3 Å². The molecule has 6 rings (SSSR count). The first-order valence-electron chi connectivity index (χ1n) is 10.1. The van der Waals surface area contributed by atoms with Crippen molar-refractivity contribution in [2.75, 3.05) is 13.6 Å². The molecule has 0 saturated heterocycles. The van der Waals surface area contributed by atoms with Crippen LogP contribution in [0.3, 0.4) is 0 Å². The molecule has 0 atom stereocenters. The van der Waals surface area contributed by atoms with Gasteiger partial charge in [-0.05, 0) is 41.3 Å². The number of ether oxygens (including phenoxy) is 5. The van der Waals surface area contributed by atoms with Crippen LogP contribution in [0.5, 0.6) is 28.7 Å². The highest BCUT2D eigenvalue weighted by Crippen LogP contribution is 2.45. The Kier molecular flexibility index (Phi) is 4.31. The van der Waals surface area contributed by atoms with Gasteiger partial charge in [0.25, 0.3) is 0 Å². The normalized spacial score (nSPS) is 13.4. The van der Waals surface area contributed by atoms with Gasteiger partial charge in [0, 0.05) is 11.6 Å². The maximum atomic E-state index is 13.7. The number of nitrogens with zero attached hydrogens (tertiary/aromatic N) is 1. The monoisotopic (exact) mass is 427 g/mol. The Morgan fingerprint density at radius 2 is 1.66 bits per heavy atom. The van der Waals surface area contributed by atoms with Crippen LogP contribution in [-0.4, -0.2) is 24.4 Å². The van der Waals surface area contributed by atoms with E-state index in [9.17, 15) is 4.79 Å². The topological polar surface area (TPSA) is 76.1 Å². The molecule has 0 saturated carbocycles. The predicted octanol–water partition coefficient (Wildman–Crippen LogP) is 4.50. The first-order valence-corrected chi connectivity index (χ1v) is 10.1. The zero-order valence-corrected chi connectivity index (χ0v) is 16.9. The van der Waals surface area contributed by atoms with Gasteiger partial charge in [-0.3, -0.25) is 9.78 Å². The van der Waals surface area contributed by atoms with E-state index in [1.165, 1.54) is 0 Å². The van der Waals surface area contributed by atoms with Gasteiger partial charge >= 0.3 is 0 Å². The Bertz CT molecular complexity index is 1350. The number of aromatic nitrogens is 1. The number of carbonyl (C=O) groups excluding carboxylic acids is 1. The van der Waals surface area contributed by atoms with E-state index < -0.39 is 0 Å². The second kappa shape index (κ2) is 7.46. The molecule has 0 fully saturated rings. The lowest BCUT2D eigenvalue weighted by atomic mass is 10.0. The fourth-order valence-corrected chi connectivity index (χ4v) is 3.87. The molecule has 0 N–H and O–H groups in total. The average molecular weight is 427 g/mol. The number of rotatable bonds is 5. The molecular weight excluding hydrogens is 410 g/mol. The van der Waals surface area contributed by atoms with E-state index in [-0.39, 0.29) is 26.0 Å². The Morgan fingerprint density at radius 1 is 0.875 bits per heavy atom. The third-order valence-corrected chi connectivity index (χ3v) is 5.44. The summed E-state index contributed by atoms with van der Waals surface area (Å²) in [6.07, 6.45) is 1.61. The molecule has 7 nitrogen and oxygen atoms in total. The third kappa shape index (κ3) is 3.06. The largest absolute Gasteiger partial charge is 0.484 e. The van der Waals surface area contributed by atoms with Gasteiger partial charge in [-0.25, -0.2) is 0 Å². The summed E-state index contributed by atoms with van der Waals surface area (Å²) in [4.78, 5) is 18.1. The van der Waals surface area contributed by atoms with E-state index in [0.717, 1.165) is 10.9 Å². The predicted molar refractivity (Wildman–Crippen MR) is 115 cm³/mol. The van der Waals surface area contributed by atoms with E-state index >= 15 is 0 Å². The third-order valence-electron chi connectivity index (χ3n) is 5.44. The molecule has 3 aromatic carbocycles. The molecule has 7 heteroatoms. The fourth-order valence-electron chi connectivity index (χ4n) is 3.87. The maximum Gasteiger partial charge on any atom is 0.231 e. The minimum absolute atomic E-state index is 0.0741. The Morgan fingerprint density at radius 3 is 2.53 bits per heavy atom. The smallest absolute Gasteiger partial charge is 0.231 e. The molecule has 0 bridgehead atoms. The van der Waals surface area contributed by atoms with E-state index in [0.29, 0.717) is 45.4 Å². The van der Waals surface area contributed by atoms with Crippen molar-refractivity contribution < 1.29 is 28.5 Å². The van der Waals surface area contributed by atoms with Crippen LogP contribution in [0.2, 0.25) is 0 Å². The van der Waals surface area contributed by atoms with Gasteiger partial charge in [-0.15, -0.1) is 0 Å². The lowest BCUT2D eigenvalue weighted by Gasteiger charge is -2.14. The van der Waals surface area contributed by atoms with Gasteiger partial charge in [0.15, 0.2) is 23.0 Å². The second-order valence-electron chi connectivity index (χ2n) is 7.37. The molecule has 0 aliphatic carbocycles. The molecule has 2 aliphatic heterocycles. The molecular formula is C25H17NO6. The van der Waals surface area contributed by atoms with Crippen LogP contribution in [0.4, 0.5) is 0 Å². The summed E-state index contributed by atoms with van der Waals surface area (Å²) in [7, 11) is 0. The lowest BCUT2D eigenvalue weighted by molar-refractivity contribution is 0.103. The van der Waals surface area contributed by atoms with Crippen LogP contribution >= 0.6 is 0 Å². The van der Waals surface area contributed by atoms with Crippen molar-refractivity contribution in [1.82, 2.24) is 4.98 Å². The molecule has 1 aromatic heterocycles. The van der Waals surface area contributed by atoms with Crippen molar-refractivity contribution >= 4 is 16.6 Å². The zero-order valence-electron chi connectivity index (χ0n) is 16.9. The quantitative estimate of drug-likeness (QED) is 0.434. The highest BCUT2D eigenvalue weighted by Gasteiger charge is 2.28. The summed E-state index contributed by atoms with van der Waals surface area (Å²) in [6.45, 7) is 0.509. The van der Waals surface area contributed by atoms with Crippen molar-refractivity contribution in [2.24, 2.45) is 0 Å². The summed E-state index contributed by atoms with van der Waals surface area (Å²) in [5.74, 6) is 2.26. The molecule has 4 aromatic rings. The van der Waals surface area contributed by atoms with E-state index in [4.69, 9.17) is 23.7 Å². The van der Waals surface area contributed by atoms with Crippen molar-refractivity contribution in [3.8, 4) is 28.7 Å².